The zero-order chi connectivity index (χ0) is 14.9. The molecule has 2 aliphatic heterocycles. The number of aliphatic carboxylic acids is 1. The second kappa shape index (κ2) is 5.68. The molecule has 7 nitrogen and oxygen atoms in total. The number of carbonyl (C=O) groups is 3. The minimum Gasteiger partial charge on any atom is -0.480 e. The van der Waals surface area contributed by atoms with E-state index in [2.05, 4.69) is 0 Å². The Kier molecular flexibility index (Phi) is 4.15. The molecule has 2 atom stereocenters. The average molecular weight is 284 g/mol. The van der Waals surface area contributed by atoms with Crippen LogP contribution in [0.1, 0.15) is 26.7 Å². The number of hydrogen-bond acceptors (Lipinski definition) is 4. The summed E-state index contributed by atoms with van der Waals surface area (Å²) in [5.74, 6) is -1.37. The van der Waals surface area contributed by atoms with E-state index in [1.165, 1.54) is 9.80 Å². The third-order valence-electron chi connectivity index (χ3n) is 3.83. The molecule has 2 amide bonds. The lowest BCUT2D eigenvalue weighted by Crippen LogP contribution is -2.54. The molecule has 1 unspecified atom stereocenters. The first-order chi connectivity index (χ1) is 9.43. The van der Waals surface area contributed by atoms with Crippen LogP contribution in [-0.2, 0) is 14.3 Å². The normalized spacial score (nSPS) is 24.1. The van der Waals surface area contributed by atoms with Crippen LogP contribution in [-0.4, -0.2) is 64.7 Å². The Morgan fingerprint density at radius 2 is 2.05 bits per heavy atom. The summed E-state index contributed by atoms with van der Waals surface area (Å²) >= 11 is 0. The minimum absolute atomic E-state index is 0.0943. The Bertz CT molecular complexity index is 423. The molecule has 1 N–H and O–H groups in total. The van der Waals surface area contributed by atoms with E-state index in [9.17, 15) is 19.5 Å². The second-order valence-electron chi connectivity index (χ2n) is 5.52. The number of carboxylic acid groups (broad SMARTS) is 1. The van der Waals surface area contributed by atoms with Crippen molar-refractivity contribution >= 4 is 18.0 Å². The van der Waals surface area contributed by atoms with Crippen molar-refractivity contribution in [3.05, 3.63) is 0 Å². The van der Waals surface area contributed by atoms with Gasteiger partial charge < -0.3 is 14.7 Å². The molecule has 0 bridgehead atoms. The predicted molar refractivity (Wildman–Crippen MR) is 69.1 cm³/mol. The Hall–Kier alpha value is -1.79. The molecule has 2 rings (SSSR count). The van der Waals surface area contributed by atoms with Crippen molar-refractivity contribution in [2.75, 3.05) is 19.7 Å². The molecule has 0 aliphatic carbocycles. The molecule has 0 radical (unpaired) electrons. The molecule has 20 heavy (non-hydrogen) atoms. The summed E-state index contributed by atoms with van der Waals surface area (Å²) in [5, 5.41) is 9.17. The second-order valence-corrected chi connectivity index (χ2v) is 5.52. The third kappa shape index (κ3) is 2.57. The van der Waals surface area contributed by atoms with Gasteiger partial charge >= 0.3 is 12.1 Å². The van der Waals surface area contributed by atoms with Crippen molar-refractivity contribution in [2.45, 2.75) is 38.8 Å². The summed E-state index contributed by atoms with van der Waals surface area (Å²) in [6.07, 6.45) is 0.650. The molecule has 2 fully saturated rings. The maximum Gasteiger partial charge on any atom is 0.410 e. The van der Waals surface area contributed by atoms with E-state index in [0.29, 0.717) is 25.9 Å². The Balaban J connectivity index is 2.19. The van der Waals surface area contributed by atoms with Crippen LogP contribution in [0.15, 0.2) is 0 Å². The van der Waals surface area contributed by atoms with Crippen molar-refractivity contribution in [3.8, 4) is 0 Å². The largest absolute Gasteiger partial charge is 0.480 e. The van der Waals surface area contributed by atoms with Crippen LogP contribution < -0.4 is 0 Å². The topological polar surface area (TPSA) is 87.2 Å². The summed E-state index contributed by atoms with van der Waals surface area (Å²) in [5.41, 5.74) is 0. The summed E-state index contributed by atoms with van der Waals surface area (Å²) in [4.78, 5) is 38.3. The van der Waals surface area contributed by atoms with Gasteiger partial charge in [-0.1, -0.05) is 13.8 Å². The van der Waals surface area contributed by atoms with Crippen LogP contribution in [0.25, 0.3) is 0 Å². The van der Waals surface area contributed by atoms with Crippen LogP contribution in [0.2, 0.25) is 0 Å². The zero-order valence-electron chi connectivity index (χ0n) is 11.7. The SMILES string of the molecule is CC(C)C(C(=O)N1CCC[C@H]1C(=O)O)N1CCOC1=O. The molecule has 112 valence electrons. The van der Waals surface area contributed by atoms with Crippen LogP contribution in [0.3, 0.4) is 0 Å². The monoisotopic (exact) mass is 284 g/mol. The highest BCUT2D eigenvalue weighted by molar-refractivity contribution is 5.90. The van der Waals surface area contributed by atoms with Gasteiger partial charge in [-0.25, -0.2) is 9.59 Å². The fraction of sp³-hybridized carbons (Fsp3) is 0.769. The van der Waals surface area contributed by atoms with Crippen LogP contribution in [0, 0.1) is 5.92 Å². The maximum atomic E-state index is 12.6. The lowest BCUT2D eigenvalue weighted by molar-refractivity contribution is -0.150. The lowest BCUT2D eigenvalue weighted by atomic mass is 10.0. The summed E-state index contributed by atoms with van der Waals surface area (Å²) in [7, 11) is 0. The van der Waals surface area contributed by atoms with Gasteiger partial charge in [-0.2, -0.15) is 0 Å². The molecule has 7 heteroatoms. The number of amides is 2. The highest BCUT2D eigenvalue weighted by atomic mass is 16.6. The number of nitrogens with zero attached hydrogens (tertiary/aromatic N) is 2. The highest BCUT2D eigenvalue weighted by Gasteiger charge is 2.43. The lowest BCUT2D eigenvalue weighted by Gasteiger charge is -2.33. The Labute approximate surface area is 117 Å². The van der Waals surface area contributed by atoms with Gasteiger partial charge in [-0.05, 0) is 18.8 Å². The van der Waals surface area contributed by atoms with E-state index in [1.54, 1.807) is 0 Å². The Morgan fingerprint density at radius 3 is 2.55 bits per heavy atom. The van der Waals surface area contributed by atoms with Gasteiger partial charge in [-0.3, -0.25) is 9.69 Å². The molecular weight excluding hydrogens is 264 g/mol. The molecule has 2 aliphatic rings. The van der Waals surface area contributed by atoms with Gasteiger partial charge in [0, 0.05) is 6.54 Å². The number of likely N-dealkylation sites (tertiary alicyclic amines) is 1. The van der Waals surface area contributed by atoms with Gasteiger partial charge in [-0.15, -0.1) is 0 Å². The standard InChI is InChI=1S/C13H20N2O5/c1-8(2)10(15-6-7-20-13(15)19)11(16)14-5-3-4-9(14)12(17)18/h8-10H,3-7H2,1-2H3,(H,17,18)/t9-,10?/m0/s1. The van der Waals surface area contributed by atoms with Gasteiger partial charge in [0.1, 0.15) is 18.7 Å². The van der Waals surface area contributed by atoms with Crippen molar-refractivity contribution < 1.29 is 24.2 Å². The van der Waals surface area contributed by atoms with Gasteiger partial charge in [0.15, 0.2) is 0 Å². The third-order valence-corrected chi connectivity index (χ3v) is 3.83. The highest BCUT2D eigenvalue weighted by Crippen LogP contribution is 2.24. The summed E-state index contributed by atoms with van der Waals surface area (Å²) in [6, 6.07) is -1.42. The molecule has 2 saturated heterocycles. The first kappa shape index (κ1) is 14.6. The van der Waals surface area contributed by atoms with Crippen molar-refractivity contribution in [3.63, 3.8) is 0 Å². The predicted octanol–water partition coefficient (Wildman–Crippen LogP) is 0.539. The maximum absolute atomic E-state index is 12.6. The van der Waals surface area contributed by atoms with E-state index in [-0.39, 0.29) is 18.4 Å². The number of carboxylic acids is 1. The van der Waals surface area contributed by atoms with E-state index in [1.807, 2.05) is 13.8 Å². The quantitative estimate of drug-likeness (QED) is 0.814. The average Bonchev–Trinajstić information content (AvgIpc) is 2.98. The van der Waals surface area contributed by atoms with E-state index in [4.69, 9.17) is 4.74 Å². The van der Waals surface area contributed by atoms with Crippen molar-refractivity contribution in [1.29, 1.82) is 0 Å². The van der Waals surface area contributed by atoms with Gasteiger partial charge in [0.05, 0.1) is 6.54 Å². The fourth-order valence-corrected chi connectivity index (χ4v) is 2.89. The van der Waals surface area contributed by atoms with Crippen LogP contribution in [0.4, 0.5) is 4.79 Å². The molecular formula is C13H20N2O5. The summed E-state index contributed by atoms with van der Waals surface area (Å²) < 4.78 is 4.88. The molecule has 0 aromatic heterocycles. The molecule has 0 saturated carbocycles. The number of carbonyl (C=O) groups excluding carboxylic acids is 2. The minimum atomic E-state index is -0.984. The van der Waals surface area contributed by atoms with Gasteiger partial charge in [0.2, 0.25) is 5.91 Å². The summed E-state index contributed by atoms with van der Waals surface area (Å²) in [6.45, 7) is 4.78. The van der Waals surface area contributed by atoms with E-state index in [0.717, 1.165) is 0 Å². The fourth-order valence-electron chi connectivity index (χ4n) is 2.89. The van der Waals surface area contributed by atoms with E-state index < -0.39 is 24.1 Å². The van der Waals surface area contributed by atoms with Crippen LogP contribution >= 0.6 is 0 Å². The van der Waals surface area contributed by atoms with Crippen LogP contribution in [0.5, 0.6) is 0 Å². The molecule has 0 spiro atoms. The molecule has 2 heterocycles. The number of rotatable bonds is 4. The number of ether oxygens (including phenoxy) is 1. The molecule has 0 aromatic rings. The first-order valence-electron chi connectivity index (χ1n) is 6.90. The molecule has 0 aromatic carbocycles. The van der Waals surface area contributed by atoms with Crippen molar-refractivity contribution in [1.82, 2.24) is 9.80 Å². The van der Waals surface area contributed by atoms with Crippen molar-refractivity contribution in [2.24, 2.45) is 5.92 Å². The van der Waals surface area contributed by atoms with Gasteiger partial charge in [0.25, 0.3) is 0 Å². The number of hydrogen-bond donors (Lipinski definition) is 1. The van der Waals surface area contributed by atoms with E-state index >= 15 is 0 Å². The number of cyclic esters (lactones) is 1. The Morgan fingerprint density at radius 1 is 1.35 bits per heavy atom. The smallest absolute Gasteiger partial charge is 0.410 e. The first-order valence-corrected chi connectivity index (χ1v) is 6.90. The zero-order valence-corrected chi connectivity index (χ0v) is 11.7.